The van der Waals surface area contributed by atoms with E-state index in [1.165, 1.54) is 6.07 Å². The van der Waals surface area contributed by atoms with Crippen LogP contribution in [0.15, 0.2) is 18.2 Å². The van der Waals surface area contributed by atoms with Crippen molar-refractivity contribution in [2.45, 2.75) is 13.8 Å². The number of nitrogens with zero attached hydrogens (tertiary/aromatic N) is 2. The van der Waals surface area contributed by atoms with Crippen LogP contribution in [0.5, 0.6) is 0 Å². The average Bonchev–Trinajstić information content (AvgIpc) is 2.28. The number of rotatable bonds is 5. The van der Waals surface area contributed by atoms with Crippen molar-refractivity contribution in [1.82, 2.24) is 0 Å². The molecule has 0 saturated heterocycles. The van der Waals surface area contributed by atoms with Crippen LogP contribution in [0.4, 0.5) is 11.4 Å². The topological polar surface area (TPSA) is 83.7 Å². The van der Waals surface area contributed by atoms with Crippen molar-refractivity contribution in [2.75, 3.05) is 18.5 Å². The third kappa shape index (κ3) is 2.97. The molecule has 98 valence electrons. The van der Waals surface area contributed by atoms with Gasteiger partial charge in [0.15, 0.2) is 0 Å². The lowest BCUT2D eigenvalue weighted by Gasteiger charge is -2.23. The lowest BCUT2D eigenvalue weighted by molar-refractivity contribution is -0.385. The van der Waals surface area contributed by atoms with Crippen molar-refractivity contribution in [3.05, 3.63) is 33.9 Å². The molecule has 0 heterocycles. The Bertz CT molecular complexity index is 473. The minimum Gasteiger partial charge on any atom is -0.481 e. The molecule has 0 amide bonds. The standard InChI is InChI=1S/C12H16N2O4/c1-8(12(15)16)7-13(3)10-5-4-6-11(9(10)2)14(17)18/h4-6,8H,7H2,1-3H3,(H,15,16). The van der Waals surface area contributed by atoms with Gasteiger partial charge in [0, 0.05) is 30.9 Å². The Morgan fingerprint density at radius 1 is 1.56 bits per heavy atom. The van der Waals surface area contributed by atoms with Crippen LogP contribution < -0.4 is 4.90 Å². The van der Waals surface area contributed by atoms with Crippen molar-refractivity contribution in [1.29, 1.82) is 0 Å². The van der Waals surface area contributed by atoms with Gasteiger partial charge in [0.1, 0.15) is 0 Å². The van der Waals surface area contributed by atoms with Crippen LogP contribution in [0, 0.1) is 23.0 Å². The minimum atomic E-state index is -0.884. The summed E-state index contributed by atoms with van der Waals surface area (Å²) in [5.41, 5.74) is 1.27. The first kappa shape index (κ1) is 14.0. The summed E-state index contributed by atoms with van der Waals surface area (Å²) in [7, 11) is 1.73. The number of anilines is 1. The molecule has 0 aliphatic rings. The molecule has 0 spiro atoms. The summed E-state index contributed by atoms with van der Waals surface area (Å²) in [5, 5.41) is 19.7. The maximum atomic E-state index is 10.8. The molecule has 0 aromatic heterocycles. The average molecular weight is 252 g/mol. The fourth-order valence-electron chi connectivity index (χ4n) is 1.81. The van der Waals surface area contributed by atoms with E-state index in [-0.39, 0.29) is 5.69 Å². The van der Waals surface area contributed by atoms with Gasteiger partial charge in [-0.1, -0.05) is 13.0 Å². The van der Waals surface area contributed by atoms with E-state index in [2.05, 4.69) is 0 Å². The number of carboxylic acid groups (broad SMARTS) is 1. The summed E-state index contributed by atoms with van der Waals surface area (Å²) < 4.78 is 0. The second kappa shape index (κ2) is 5.48. The van der Waals surface area contributed by atoms with Crippen molar-refractivity contribution in [2.24, 2.45) is 5.92 Å². The van der Waals surface area contributed by atoms with Gasteiger partial charge in [-0.25, -0.2) is 0 Å². The summed E-state index contributed by atoms with van der Waals surface area (Å²) in [6.45, 7) is 3.57. The highest BCUT2D eigenvalue weighted by molar-refractivity contribution is 5.71. The van der Waals surface area contributed by atoms with E-state index in [0.29, 0.717) is 17.8 Å². The number of aliphatic carboxylic acids is 1. The highest BCUT2D eigenvalue weighted by Crippen LogP contribution is 2.27. The second-order valence-electron chi connectivity index (χ2n) is 4.30. The van der Waals surface area contributed by atoms with E-state index in [9.17, 15) is 14.9 Å². The zero-order valence-corrected chi connectivity index (χ0v) is 10.6. The van der Waals surface area contributed by atoms with Gasteiger partial charge in [-0.3, -0.25) is 14.9 Å². The van der Waals surface area contributed by atoms with Crippen molar-refractivity contribution in [3.8, 4) is 0 Å². The number of nitro benzene ring substituents is 1. The van der Waals surface area contributed by atoms with Crippen molar-refractivity contribution >= 4 is 17.3 Å². The second-order valence-corrected chi connectivity index (χ2v) is 4.30. The number of nitro groups is 1. The molecule has 0 radical (unpaired) electrons. The molecule has 0 saturated carbocycles. The molecule has 18 heavy (non-hydrogen) atoms. The Morgan fingerprint density at radius 2 is 2.17 bits per heavy atom. The smallest absolute Gasteiger partial charge is 0.308 e. The predicted octanol–water partition coefficient (Wildman–Crippen LogP) is 2.06. The lowest BCUT2D eigenvalue weighted by Crippen LogP contribution is -2.28. The Balaban J connectivity index is 2.99. The van der Waals surface area contributed by atoms with Crippen molar-refractivity contribution in [3.63, 3.8) is 0 Å². The Labute approximate surface area is 105 Å². The Hall–Kier alpha value is -2.11. The molecule has 1 N–H and O–H groups in total. The molecule has 6 nitrogen and oxygen atoms in total. The molecule has 1 atom stereocenters. The number of carboxylic acids is 1. The van der Waals surface area contributed by atoms with Gasteiger partial charge in [-0.2, -0.15) is 0 Å². The molecule has 0 aliphatic heterocycles. The number of hydrogen-bond acceptors (Lipinski definition) is 4. The molecular weight excluding hydrogens is 236 g/mol. The van der Waals surface area contributed by atoms with Gasteiger partial charge < -0.3 is 10.0 Å². The molecule has 1 rings (SSSR count). The molecule has 6 heteroatoms. The van der Waals surface area contributed by atoms with Crippen LogP contribution in [0.1, 0.15) is 12.5 Å². The number of hydrogen-bond donors (Lipinski definition) is 1. The van der Waals surface area contributed by atoms with Crippen LogP contribution >= 0.6 is 0 Å². The normalized spacial score (nSPS) is 11.9. The first-order chi connectivity index (χ1) is 8.34. The Kier molecular flexibility index (Phi) is 4.25. The van der Waals surface area contributed by atoms with Crippen LogP contribution in [0.25, 0.3) is 0 Å². The fraction of sp³-hybridized carbons (Fsp3) is 0.417. The molecule has 1 unspecified atom stereocenters. The Morgan fingerprint density at radius 3 is 2.67 bits per heavy atom. The largest absolute Gasteiger partial charge is 0.481 e. The summed E-state index contributed by atoms with van der Waals surface area (Å²) in [6.07, 6.45) is 0. The third-order valence-electron chi connectivity index (χ3n) is 2.85. The van der Waals surface area contributed by atoms with E-state index in [1.54, 1.807) is 37.9 Å². The van der Waals surface area contributed by atoms with Gasteiger partial charge in [-0.05, 0) is 13.0 Å². The van der Waals surface area contributed by atoms with Crippen LogP contribution in [-0.2, 0) is 4.79 Å². The van der Waals surface area contributed by atoms with Gasteiger partial charge >= 0.3 is 5.97 Å². The molecule has 1 aromatic rings. The molecule has 0 fully saturated rings. The van der Waals surface area contributed by atoms with E-state index >= 15 is 0 Å². The van der Waals surface area contributed by atoms with E-state index in [4.69, 9.17) is 5.11 Å². The van der Waals surface area contributed by atoms with Crippen LogP contribution in [0.3, 0.4) is 0 Å². The number of carbonyl (C=O) groups is 1. The van der Waals surface area contributed by atoms with Crippen LogP contribution in [0.2, 0.25) is 0 Å². The third-order valence-corrected chi connectivity index (χ3v) is 2.85. The minimum absolute atomic E-state index is 0.0438. The van der Waals surface area contributed by atoms with E-state index in [0.717, 1.165) is 0 Å². The zero-order valence-electron chi connectivity index (χ0n) is 10.6. The highest BCUT2D eigenvalue weighted by atomic mass is 16.6. The van der Waals surface area contributed by atoms with Gasteiger partial charge in [-0.15, -0.1) is 0 Å². The van der Waals surface area contributed by atoms with Gasteiger partial charge in [0.25, 0.3) is 5.69 Å². The lowest BCUT2D eigenvalue weighted by atomic mass is 10.1. The van der Waals surface area contributed by atoms with Crippen LogP contribution in [-0.4, -0.2) is 29.6 Å². The summed E-state index contributed by atoms with van der Waals surface area (Å²) in [5.74, 6) is -1.42. The van der Waals surface area contributed by atoms with E-state index in [1.807, 2.05) is 0 Å². The van der Waals surface area contributed by atoms with E-state index < -0.39 is 16.8 Å². The molecule has 0 bridgehead atoms. The first-order valence-corrected chi connectivity index (χ1v) is 5.52. The maximum absolute atomic E-state index is 10.8. The van der Waals surface area contributed by atoms with Gasteiger partial charge in [0.2, 0.25) is 0 Å². The highest BCUT2D eigenvalue weighted by Gasteiger charge is 2.19. The number of benzene rings is 1. The summed E-state index contributed by atoms with van der Waals surface area (Å²) in [4.78, 5) is 22.9. The van der Waals surface area contributed by atoms with Crippen molar-refractivity contribution < 1.29 is 14.8 Å². The fourth-order valence-corrected chi connectivity index (χ4v) is 1.81. The molecule has 1 aromatic carbocycles. The first-order valence-electron chi connectivity index (χ1n) is 5.52. The monoisotopic (exact) mass is 252 g/mol. The SMILES string of the molecule is Cc1c(N(C)CC(C)C(=O)O)cccc1[N+](=O)[O-]. The quantitative estimate of drug-likeness (QED) is 0.640. The van der Waals surface area contributed by atoms with Gasteiger partial charge in [0.05, 0.1) is 10.8 Å². The summed E-state index contributed by atoms with van der Waals surface area (Å²) in [6, 6.07) is 4.78. The zero-order chi connectivity index (χ0) is 13.9. The molecular formula is C12H16N2O4. The summed E-state index contributed by atoms with van der Waals surface area (Å²) >= 11 is 0. The maximum Gasteiger partial charge on any atom is 0.308 e. The molecule has 0 aliphatic carbocycles. The predicted molar refractivity (Wildman–Crippen MR) is 67.9 cm³/mol.